The summed E-state index contributed by atoms with van der Waals surface area (Å²) < 4.78 is 5.98. The first kappa shape index (κ1) is 16.8. The highest BCUT2D eigenvalue weighted by Gasteiger charge is 2.62. The first-order valence-corrected chi connectivity index (χ1v) is 8.31. The van der Waals surface area contributed by atoms with E-state index < -0.39 is 5.41 Å². The van der Waals surface area contributed by atoms with Crippen LogP contribution in [0.4, 0.5) is 0 Å². The van der Waals surface area contributed by atoms with Gasteiger partial charge in [0.25, 0.3) is 0 Å². The van der Waals surface area contributed by atoms with Gasteiger partial charge in [0.05, 0.1) is 11.5 Å². The van der Waals surface area contributed by atoms with Gasteiger partial charge in [-0.15, -0.1) is 0 Å². The van der Waals surface area contributed by atoms with E-state index in [4.69, 9.17) is 4.74 Å². The van der Waals surface area contributed by atoms with Gasteiger partial charge in [0.15, 0.2) is 0 Å². The Kier molecular flexibility index (Phi) is 3.98. The lowest BCUT2D eigenvalue weighted by Crippen LogP contribution is -2.44. The van der Waals surface area contributed by atoms with Crippen molar-refractivity contribution in [2.75, 3.05) is 0 Å². The van der Waals surface area contributed by atoms with Crippen LogP contribution in [0, 0.1) is 16.2 Å². The van der Waals surface area contributed by atoms with Crippen LogP contribution in [-0.2, 0) is 9.53 Å². The minimum absolute atomic E-state index is 0.0127. The highest BCUT2D eigenvalue weighted by molar-refractivity contribution is 5.81. The van der Waals surface area contributed by atoms with Crippen LogP contribution in [0.2, 0.25) is 0 Å². The fourth-order valence-electron chi connectivity index (χ4n) is 4.24. The van der Waals surface area contributed by atoms with E-state index >= 15 is 0 Å². The fraction of sp³-hybridized carbons (Fsp3) is 0.944. The van der Waals surface area contributed by atoms with Crippen molar-refractivity contribution in [1.29, 1.82) is 0 Å². The third-order valence-electron chi connectivity index (χ3n) is 5.46. The third kappa shape index (κ3) is 3.13. The van der Waals surface area contributed by atoms with Gasteiger partial charge < -0.3 is 9.84 Å². The summed E-state index contributed by atoms with van der Waals surface area (Å²) >= 11 is 0. The smallest absolute Gasteiger partial charge is 0.313 e. The average molecular weight is 296 g/mol. The number of hydrogen-bond donors (Lipinski definition) is 1. The highest BCUT2D eigenvalue weighted by Crippen LogP contribution is 2.59. The van der Waals surface area contributed by atoms with Crippen LogP contribution < -0.4 is 0 Å². The van der Waals surface area contributed by atoms with Crippen molar-refractivity contribution in [2.24, 2.45) is 16.2 Å². The number of rotatable bonds is 1. The van der Waals surface area contributed by atoms with Crippen LogP contribution >= 0.6 is 0 Å². The number of ether oxygens (including phenoxy) is 1. The summed E-state index contributed by atoms with van der Waals surface area (Å²) in [7, 11) is 0. The third-order valence-corrected chi connectivity index (χ3v) is 5.46. The van der Waals surface area contributed by atoms with Crippen molar-refractivity contribution in [1.82, 2.24) is 0 Å². The van der Waals surface area contributed by atoms with Crippen molar-refractivity contribution in [3.8, 4) is 0 Å². The molecule has 0 aromatic heterocycles. The van der Waals surface area contributed by atoms with Crippen LogP contribution in [0.15, 0.2) is 0 Å². The lowest BCUT2D eigenvalue weighted by molar-refractivity contribution is -0.162. The molecule has 0 amide bonds. The Morgan fingerprint density at radius 3 is 2.10 bits per heavy atom. The SMILES string of the molecule is CC(C)(C)CC1(C(C)(C)C)CC2(CCC(O)CC2)OC1=O. The molecule has 1 atom stereocenters. The summed E-state index contributed by atoms with van der Waals surface area (Å²) in [6, 6.07) is 0. The van der Waals surface area contributed by atoms with Gasteiger partial charge in [-0.2, -0.15) is 0 Å². The molecule has 1 saturated heterocycles. The Hall–Kier alpha value is -0.570. The quantitative estimate of drug-likeness (QED) is 0.742. The summed E-state index contributed by atoms with van der Waals surface area (Å²) in [6.07, 6.45) is 4.57. The topological polar surface area (TPSA) is 46.5 Å². The molecule has 1 unspecified atom stereocenters. The zero-order chi connectivity index (χ0) is 16.1. The van der Waals surface area contributed by atoms with Gasteiger partial charge in [0.1, 0.15) is 5.60 Å². The zero-order valence-corrected chi connectivity index (χ0v) is 14.6. The molecule has 2 rings (SSSR count). The molecule has 122 valence electrons. The van der Waals surface area contributed by atoms with Crippen LogP contribution in [-0.4, -0.2) is 22.8 Å². The van der Waals surface area contributed by atoms with Gasteiger partial charge in [0, 0.05) is 6.42 Å². The molecule has 3 heteroatoms. The maximum atomic E-state index is 12.9. The zero-order valence-electron chi connectivity index (χ0n) is 14.6. The Bertz CT molecular complexity index is 405. The largest absolute Gasteiger partial charge is 0.459 e. The standard InChI is InChI=1S/C18H32O3/c1-15(2,3)11-18(16(4,5)6)12-17(21-14(18)20)9-7-13(19)8-10-17/h13,19H,7-12H2,1-6H3. The first-order valence-electron chi connectivity index (χ1n) is 8.31. The lowest BCUT2D eigenvalue weighted by atomic mass is 9.57. The molecule has 1 N–H and O–H groups in total. The summed E-state index contributed by atoms with van der Waals surface area (Å²) in [5.74, 6) is -0.0127. The maximum absolute atomic E-state index is 12.9. The Morgan fingerprint density at radius 2 is 1.67 bits per heavy atom. The van der Waals surface area contributed by atoms with Crippen molar-refractivity contribution < 1.29 is 14.6 Å². The molecule has 1 spiro atoms. The van der Waals surface area contributed by atoms with E-state index in [0.29, 0.717) is 0 Å². The molecule has 1 heterocycles. The number of aliphatic hydroxyl groups excluding tert-OH is 1. The van der Waals surface area contributed by atoms with E-state index in [9.17, 15) is 9.90 Å². The van der Waals surface area contributed by atoms with Gasteiger partial charge >= 0.3 is 5.97 Å². The van der Waals surface area contributed by atoms with E-state index in [0.717, 1.165) is 38.5 Å². The molecular weight excluding hydrogens is 264 g/mol. The molecule has 1 aliphatic heterocycles. The van der Waals surface area contributed by atoms with Gasteiger partial charge in [-0.3, -0.25) is 4.79 Å². The van der Waals surface area contributed by atoms with Crippen molar-refractivity contribution >= 4 is 5.97 Å². The minimum atomic E-state index is -0.409. The Morgan fingerprint density at radius 1 is 1.14 bits per heavy atom. The molecule has 0 radical (unpaired) electrons. The molecule has 2 fully saturated rings. The minimum Gasteiger partial charge on any atom is -0.459 e. The van der Waals surface area contributed by atoms with E-state index in [2.05, 4.69) is 41.5 Å². The second-order valence-corrected chi connectivity index (χ2v) is 9.55. The van der Waals surface area contributed by atoms with E-state index in [-0.39, 0.29) is 28.5 Å². The number of esters is 1. The number of carbonyl (C=O) groups is 1. The summed E-state index contributed by atoms with van der Waals surface area (Å²) in [4.78, 5) is 12.9. The van der Waals surface area contributed by atoms with Crippen LogP contribution in [0.5, 0.6) is 0 Å². The van der Waals surface area contributed by atoms with Crippen LogP contribution in [0.1, 0.15) is 80.1 Å². The molecule has 1 aliphatic carbocycles. The second-order valence-electron chi connectivity index (χ2n) is 9.55. The second kappa shape index (κ2) is 4.97. The predicted octanol–water partition coefficient (Wildman–Crippen LogP) is 4.08. The van der Waals surface area contributed by atoms with Gasteiger partial charge in [-0.05, 0) is 42.9 Å². The fourth-order valence-corrected chi connectivity index (χ4v) is 4.24. The molecule has 0 bridgehead atoms. The molecule has 1 saturated carbocycles. The van der Waals surface area contributed by atoms with Crippen molar-refractivity contribution in [2.45, 2.75) is 91.8 Å². The predicted molar refractivity (Wildman–Crippen MR) is 83.9 cm³/mol. The number of carbonyl (C=O) groups excluding carboxylic acids is 1. The summed E-state index contributed by atoms with van der Waals surface area (Å²) in [5, 5.41) is 9.75. The van der Waals surface area contributed by atoms with Crippen molar-refractivity contribution in [3.05, 3.63) is 0 Å². The number of hydrogen-bond acceptors (Lipinski definition) is 3. The molecule has 21 heavy (non-hydrogen) atoms. The molecule has 3 nitrogen and oxygen atoms in total. The lowest BCUT2D eigenvalue weighted by Gasteiger charge is -2.43. The number of aliphatic hydroxyl groups is 1. The highest BCUT2D eigenvalue weighted by atomic mass is 16.6. The first-order chi connectivity index (χ1) is 9.39. The Balaban J connectivity index is 2.32. The normalized spacial score (nSPS) is 37.9. The maximum Gasteiger partial charge on any atom is 0.313 e. The van der Waals surface area contributed by atoms with Gasteiger partial charge in [-0.1, -0.05) is 41.5 Å². The van der Waals surface area contributed by atoms with E-state index in [1.165, 1.54) is 0 Å². The Labute approximate surface area is 129 Å². The van der Waals surface area contributed by atoms with E-state index in [1.807, 2.05) is 0 Å². The summed E-state index contributed by atoms with van der Waals surface area (Å²) in [6.45, 7) is 13.1. The van der Waals surface area contributed by atoms with Crippen LogP contribution in [0.25, 0.3) is 0 Å². The van der Waals surface area contributed by atoms with Crippen LogP contribution in [0.3, 0.4) is 0 Å². The van der Waals surface area contributed by atoms with Gasteiger partial charge in [0.2, 0.25) is 0 Å². The molecule has 0 aromatic rings. The average Bonchev–Trinajstić information content (AvgIpc) is 2.55. The summed E-state index contributed by atoms with van der Waals surface area (Å²) in [5.41, 5.74) is -0.759. The van der Waals surface area contributed by atoms with Gasteiger partial charge in [-0.25, -0.2) is 0 Å². The van der Waals surface area contributed by atoms with Crippen molar-refractivity contribution in [3.63, 3.8) is 0 Å². The van der Waals surface area contributed by atoms with E-state index in [1.54, 1.807) is 0 Å². The molecule has 0 aromatic carbocycles. The molecule has 2 aliphatic rings. The molecular formula is C18H32O3. The monoisotopic (exact) mass is 296 g/mol.